The molecule has 0 aliphatic heterocycles. The molecule has 16 rings (SSSR count). The summed E-state index contributed by atoms with van der Waals surface area (Å²) < 4.78 is 29.5. The molecule has 69 heavy (non-hydrogen) atoms. The second kappa shape index (κ2) is 13.6. The van der Waals surface area contributed by atoms with Gasteiger partial charge in [-0.2, -0.15) is 0 Å². The summed E-state index contributed by atoms with van der Waals surface area (Å²) in [6, 6.07) is 69.6. The maximum absolute atomic E-state index is 6.95. The highest BCUT2D eigenvalue weighted by Crippen LogP contribution is 2.46. The van der Waals surface area contributed by atoms with Crippen molar-refractivity contribution in [3.8, 4) is 39.5 Å². The predicted octanol–water partition coefficient (Wildman–Crippen LogP) is 17.3. The third-order valence-corrected chi connectivity index (χ3v) is 14.2. The molecule has 0 atom stereocenters. The van der Waals surface area contributed by atoms with E-state index in [9.17, 15) is 0 Å². The molecule has 6 heterocycles. The van der Waals surface area contributed by atoms with Crippen LogP contribution < -0.4 is 0 Å². The number of rotatable bonds is 4. The smallest absolute Gasteiger partial charge is 0.180 e. The summed E-state index contributed by atoms with van der Waals surface area (Å²) in [4.78, 5) is 10.8. The summed E-state index contributed by atoms with van der Waals surface area (Å²) in [6.45, 7) is 0. The van der Waals surface area contributed by atoms with Crippen molar-refractivity contribution in [3.63, 3.8) is 0 Å². The highest BCUT2D eigenvalue weighted by Gasteiger charge is 2.26. The van der Waals surface area contributed by atoms with E-state index in [0.29, 0.717) is 28.2 Å². The number of hydrogen-bond acceptors (Lipinski definition) is 6. The molecule has 0 fully saturated rings. The second-order valence-electron chi connectivity index (χ2n) is 18.0. The van der Waals surface area contributed by atoms with Crippen LogP contribution in [0.4, 0.5) is 0 Å². The maximum atomic E-state index is 6.95. The zero-order valence-corrected chi connectivity index (χ0v) is 36.5. The van der Waals surface area contributed by atoms with Crippen molar-refractivity contribution in [2.45, 2.75) is 0 Å². The highest BCUT2D eigenvalue weighted by molar-refractivity contribution is 6.20. The molecule has 10 aromatic carbocycles. The van der Waals surface area contributed by atoms with Gasteiger partial charge in [0, 0.05) is 54.2 Å². The van der Waals surface area contributed by atoms with Gasteiger partial charge >= 0.3 is 0 Å². The van der Waals surface area contributed by atoms with Crippen LogP contribution in [0.25, 0.3) is 160 Å². The lowest BCUT2D eigenvalue weighted by Gasteiger charge is -2.12. The van der Waals surface area contributed by atoms with Crippen LogP contribution in [0.5, 0.6) is 0 Å². The highest BCUT2D eigenvalue weighted by atomic mass is 16.3. The van der Waals surface area contributed by atoms with Crippen LogP contribution >= 0.6 is 0 Å². The first-order chi connectivity index (χ1) is 34.2. The Morgan fingerprint density at radius 1 is 0.333 bits per heavy atom. The third kappa shape index (κ3) is 5.10. The van der Waals surface area contributed by atoms with Crippen molar-refractivity contribution >= 4 is 120 Å². The summed E-state index contributed by atoms with van der Waals surface area (Å²) in [5.74, 6) is 0.520. The molecule has 0 aliphatic carbocycles. The summed E-state index contributed by atoms with van der Waals surface area (Å²) in [5, 5.41) is 11.8. The number of hydrogen-bond donors (Lipinski definition) is 0. The van der Waals surface area contributed by atoms with Crippen LogP contribution in [0.15, 0.2) is 218 Å². The topological polar surface area (TPSA) is 83.3 Å². The van der Waals surface area contributed by atoms with Crippen LogP contribution in [0.2, 0.25) is 0 Å². The quantitative estimate of drug-likeness (QED) is 0.175. The average Bonchev–Trinajstić information content (AvgIpc) is 4.23. The summed E-state index contributed by atoms with van der Waals surface area (Å²) in [6.07, 6.45) is 0. The Balaban J connectivity index is 0.962. The summed E-state index contributed by atoms with van der Waals surface area (Å²) in [5.41, 5.74) is 14.1. The molecule has 0 radical (unpaired) electrons. The van der Waals surface area contributed by atoms with Crippen molar-refractivity contribution in [3.05, 3.63) is 200 Å². The molecule has 0 N–H and O–H groups in total. The van der Waals surface area contributed by atoms with Crippen LogP contribution in [0.3, 0.4) is 0 Å². The molecule has 0 unspecified atom stereocenters. The van der Waals surface area contributed by atoms with Crippen LogP contribution in [0, 0.1) is 0 Å². The van der Waals surface area contributed by atoms with Crippen molar-refractivity contribution < 1.29 is 17.7 Å². The van der Waals surface area contributed by atoms with E-state index in [1.165, 1.54) is 21.5 Å². The van der Waals surface area contributed by atoms with E-state index in [-0.39, 0.29) is 0 Å². The Hall–Kier alpha value is -9.46. The first-order valence-electron chi connectivity index (χ1n) is 23.1. The van der Waals surface area contributed by atoms with E-state index in [1.807, 2.05) is 60.7 Å². The largest absolute Gasteiger partial charge is 0.455 e. The van der Waals surface area contributed by atoms with Crippen LogP contribution in [-0.4, -0.2) is 14.5 Å². The van der Waals surface area contributed by atoms with Gasteiger partial charge in [-0.15, -0.1) is 0 Å². The van der Waals surface area contributed by atoms with Crippen molar-refractivity contribution in [1.82, 2.24) is 14.5 Å². The molecule has 320 valence electrons. The molecule has 6 aromatic heterocycles. The minimum Gasteiger partial charge on any atom is -0.455 e. The van der Waals surface area contributed by atoms with Gasteiger partial charge in [0.2, 0.25) is 0 Å². The van der Waals surface area contributed by atoms with Crippen molar-refractivity contribution in [1.29, 1.82) is 0 Å². The molecular formula is C62H33N3O4. The van der Waals surface area contributed by atoms with Gasteiger partial charge in [-0.3, -0.25) is 0 Å². The number of nitrogens with zero attached hydrogens (tertiary/aromatic N) is 3. The zero-order chi connectivity index (χ0) is 44.9. The molecule has 7 nitrogen and oxygen atoms in total. The van der Waals surface area contributed by atoms with Crippen LogP contribution in [-0.2, 0) is 0 Å². The third-order valence-electron chi connectivity index (χ3n) is 14.2. The molecule has 0 saturated heterocycles. The van der Waals surface area contributed by atoms with E-state index >= 15 is 0 Å². The number of furan rings is 4. The van der Waals surface area contributed by atoms with Crippen LogP contribution in [0.1, 0.15) is 0 Å². The lowest BCUT2D eigenvalue weighted by molar-refractivity contribution is 0.662. The van der Waals surface area contributed by atoms with E-state index in [1.54, 1.807) is 0 Å². The Labute approximate surface area is 390 Å². The fourth-order valence-electron chi connectivity index (χ4n) is 11.1. The molecule has 0 aliphatic rings. The lowest BCUT2D eigenvalue weighted by Crippen LogP contribution is -1.96. The van der Waals surface area contributed by atoms with Gasteiger partial charge in [-0.25, -0.2) is 9.97 Å². The Kier molecular flexibility index (Phi) is 7.22. The molecule has 0 saturated carbocycles. The normalized spacial score (nSPS) is 12.3. The molecule has 0 bridgehead atoms. The van der Waals surface area contributed by atoms with Gasteiger partial charge in [0.15, 0.2) is 11.4 Å². The molecule has 0 spiro atoms. The van der Waals surface area contributed by atoms with E-state index in [4.69, 9.17) is 27.6 Å². The monoisotopic (exact) mass is 883 g/mol. The van der Waals surface area contributed by atoms with Gasteiger partial charge in [0.25, 0.3) is 0 Å². The Morgan fingerprint density at radius 3 is 1.68 bits per heavy atom. The summed E-state index contributed by atoms with van der Waals surface area (Å²) >= 11 is 0. The standard InChI is InChI=1S/C62H33N3O4/c1-2-14-35-33-50-46(31-34(35)13-1)38-15-3-7-23-48(38)65(50)49-29-28-37(60-55(49)43-18-6-10-26-53(43)68-60)36-27-30-54-47(32-36)57-61(69-54)56(44-21-11-19-41-39-16-4-8-24-51(39)66-58(41)44)63-62(64-57)45-22-12-20-42-40-17-5-9-25-52(40)67-59(42)45/h1-33H. The number of para-hydroxylation sites is 6. The minimum absolute atomic E-state index is 0.520. The number of aromatic nitrogens is 3. The molecular weight excluding hydrogens is 851 g/mol. The Morgan fingerprint density at radius 2 is 0.913 bits per heavy atom. The Bertz CT molecular complexity index is 4870. The summed E-state index contributed by atoms with van der Waals surface area (Å²) in [7, 11) is 0. The first kappa shape index (κ1) is 36.7. The predicted molar refractivity (Wildman–Crippen MR) is 279 cm³/mol. The number of fused-ring (bicyclic) bond motifs is 16. The molecule has 0 amide bonds. The van der Waals surface area contributed by atoms with Gasteiger partial charge in [-0.1, -0.05) is 127 Å². The maximum Gasteiger partial charge on any atom is 0.180 e. The molecule has 7 heteroatoms. The number of benzene rings is 10. The van der Waals surface area contributed by atoms with Gasteiger partial charge < -0.3 is 22.2 Å². The van der Waals surface area contributed by atoms with E-state index in [2.05, 4.69) is 144 Å². The van der Waals surface area contributed by atoms with Crippen molar-refractivity contribution in [2.75, 3.05) is 0 Å². The fraction of sp³-hybridized carbons (Fsp3) is 0. The second-order valence-corrected chi connectivity index (χ2v) is 18.0. The average molecular weight is 884 g/mol. The van der Waals surface area contributed by atoms with E-state index in [0.717, 1.165) is 110 Å². The minimum atomic E-state index is 0.520. The van der Waals surface area contributed by atoms with Gasteiger partial charge in [0.05, 0.1) is 27.7 Å². The zero-order valence-electron chi connectivity index (χ0n) is 36.5. The lowest BCUT2D eigenvalue weighted by atomic mass is 9.99. The van der Waals surface area contributed by atoms with Crippen molar-refractivity contribution in [2.24, 2.45) is 0 Å². The van der Waals surface area contributed by atoms with Gasteiger partial charge in [-0.05, 0) is 89.1 Å². The van der Waals surface area contributed by atoms with E-state index < -0.39 is 0 Å². The van der Waals surface area contributed by atoms with Gasteiger partial charge in [0.1, 0.15) is 50.3 Å². The SMILES string of the molecule is c1ccc2cc3c(cc2c1)c1ccccc1n3-c1ccc(-c2ccc3oc4c(-c5cccc6c5oc5ccccc56)nc(-c5cccc6c5oc5ccccc56)nc4c3c2)c2oc3ccccc3c12. The fourth-order valence-corrected chi connectivity index (χ4v) is 11.1. The first-order valence-corrected chi connectivity index (χ1v) is 23.1. The molecule has 16 aromatic rings.